The molecule has 1 amide bonds. The molecule has 0 aliphatic carbocycles. The van der Waals surface area contributed by atoms with Crippen LogP contribution in [0.4, 0.5) is 5.69 Å². The number of anilines is 1. The summed E-state index contributed by atoms with van der Waals surface area (Å²) in [6.07, 6.45) is 2.47. The normalized spacial score (nSPS) is 18.7. The number of nitrogens with one attached hydrogen (secondary N) is 1. The minimum Gasteiger partial charge on any atom is -0.371 e. The van der Waals surface area contributed by atoms with Gasteiger partial charge in [-0.15, -0.1) is 0 Å². The van der Waals surface area contributed by atoms with E-state index in [1.54, 1.807) is 12.3 Å². The third-order valence-corrected chi connectivity index (χ3v) is 3.28. The van der Waals surface area contributed by atoms with Gasteiger partial charge < -0.3 is 10.2 Å². The molecular weight excluding hydrogens is 252 g/mol. The van der Waals surface area contributed by atoms with Gasteiger partial charge in [-0.3, -0.25) is 4.79 Å². The number of amides is 1. The summed E-state index contributed by atoms with van der Waals surface area (Å²) in [4.78, 5) is 18.3. The monoisotopic (exact) mass is 272 g/mol. The van der Waals surface area contributed by atoms with Crippen LogP contribution in [-0.4, -0.2) is 29.5 Å². The largest absolute Gasteiger partial charge is 0.371 e. The fourth-order valence-electron chi connectivity index (χ4n) is 2.36. The summed E-state index contributed by atoms with van der Waals surface area (Å²) in [6, 6.07) is 5.69. The quantitative estimate of drug-likeness (QED) is 0.889. The molecule has 1 saturated heterocycles. The number of carbonyl (C=O) groups is 1. The number of hydrogen-bond donors (Lipinski definition) is 1. The summed E-state index contributed by atoms with van der Waals surface area (Å²) in [5.41, 5.74) is 1.17. The summed E-state index contributed by atoms with van der Waals surface area (Å²) < 4.78 is 0. The van der Waals surface area contributed by atoms with Gasteiger partial charge in [-0.25, -0.2) is 4.98 Å². The third kappa shape index (κ3) is 3.47. The number of pyridine rings is 1. The lowest BCUT2D eigenvalue weighted by atomic mass is 10.0. The molecule has 1 aliphatic rings. The first kappa shape index (κ1) is 14.3. The molecule has 5 heteroatoms. The Morgan fingerprint density at radius 1 is 1.55 bits per heavy atom. The average Bonchev–Trinajstić information content (AvgIpc) is 2.86. The highest BCUT2D eigenvalue weighted by atomic mass is 16.2. The lowest BCUT2D eigenvalue weighted by molar-refractivity contribution is -0.125. The van der Waals surface area contributed by atoms with Crippen molar-refractivity contribution in [2.75, 3.05) is 18.0 Å². The molecule has 0 saturated carbocycles. The highest BCUT2D eigenvalue weighted by Crippen LogP contribution is 2.24. The number of nitriles is 1. The first-order valence-electron chi connectivity index (χ1n) is 6.82. The molecule has 2 rings (SSSR count). The Labute approximate surface area is 119 Å². The van der Waals surface area contributed by atoms with Gasteiger partial charge in [0.25, 0.3) is 0 Å². The zero-order chi connectivity index (χ0) is 14.8. The van der Waals surface area contributed by atoms with E-state index in [1.165, 1.54) is 0 Å². The van der Waals surface area contributed by atoms with Crippen LogP contribution in [0.25, 0.3) is 0 Å². The molecular formula is C15H20N4O. The van der Waals surface area contributed by atoms with E-state index in [9.17, 15) is 4.79 Å². The number of hydrogen-bond acceptors (Lipinski definition) is 4. The predicted octanol–water partition coefficient (Wildman–Crippen LogP) is 1.69. The van der Waals surface area contributed by atoms with Crippen LogP contribution in [0.1, 0.15) is 32.9 Å². The van der Waals surface area contributed by atoms with Crippen molar-refractivity contribution in [3.8, 4) is 6.07 Å². The Morgan fingerprint density at radius 3 is 2.95 bits per heavy atom. The van der Waals surface area contributed by atoms with Gasteiger partial charge in [0.05, 0.1) is 5.92 Å². The van der Waals surface area contributed by atoms with Crippen molar-refractivity contribution in [2.45, 2.75) is 32.7 Å². The van der Waals surface area contributed by atoms with E-state index in [2.05, 4.69) is 15.2 Å². The van der Waals surface area contributed by atoms with Crippen molar-refractivity contribution < 1.29 is 4.79 Å². The van der Waals surface area contributed by atoms with Gasteiger partial charge in [-0.2, -0.15) is 5.26 Å². The molecule has 0 radical (unpaired) electrons. The molecule has 2 heterocycles. The molecule has 1 aromatic heterocycles. The van der Waals surface area contributed by atoms with E-state index in [4.69, 9.17) is 5.26 Å². The van der Waals surface area contributed by atoms with E-state index in [1.807, 2.05) is 32.9 Å². The van der Waals surface area contributed by atoms with Gasteiger partial charge in [-0.1, -0.05) is 0 Å². The zero-order valence-corrected chi connectivity index (χ0v) is 12.2. The lowest BCUT2D eigenvalue weighted by Crippen LogP contribution is -2.44. The van der Waals surface area contributed by atoms with E-state index in [0.29, 0.717) is 12.2 Å². The fraction of sp³-hybridized carbons (Fsp3) is 0.533. The summed E-state index contributed by atoms with van der Waals surface area (Å²) in [7, 11) is 0. The smallest absolute Gasteiger partial charge is 0.225 e. The van der Waals surface area contributed by atoms with E-state index in [-0.39, 0.29) is 17.4 Å². The third-order valence-electron chi connectivity index (χ3n) is 3.28. The Hall–Kier alpha value is -2.09. The Balaban J connectivity index is 2.02. The Morgan fingerprint density at radius 2 is 2.30 bits per heavy atom. The molecule has 0 spiro atoms. The molecule has 5 nitrogen and oxygen atoms in total. The summed E-state index contributed by atoms with van der Waals surface area (Å²) >= 11 is 0. The van der Waals surface area contributed by atoms with E-state index in [0.717, 1.165) is 18.7 Å². The number of nitrogens with zero attached hydrogens (tertiary/aromatic N) is 3. The number of rotatable bonds is 2. The molecule has 1 atom stereocenters. The highest BCUT2D eigenvalue weighted by molar-refractivity contribution is 5.80. The molecule has 1 fully saturated rings. The minimum absolute atomic E-state index is 0.00734. The number of aromatic nitrogens is 1. The predicted molar refractivity (Wildman–Crippen MR) is 77.2 cm³/mol. The van der Waals surface area contributed by atoms with Crippen LogP contribution < -0.4 is 10.2 Å². The van der Waals surface area contributed by atoms with Crippen molar-refractivity contribution in [3.05, 3.63) is 24.0 Å². The first-order valence-corrected chi connectivity index (χ1v) is 6.82. The molecule has 0 aromatic carbocycles. The zero-order valence-electron chi connectivity index (χ0n) is 12.2. The van der Waals surface area contributed by atoms with Gasteiger partial charge in [0, 0.05) is 30.5 Å². The molecule has 20 heavy (non-hydrogen) atoms. The van der Waals surface area contributed by atoms with Crippen molar-refractivity contribution >= 4 is 11.6 Å². The maximum atomic E-state index is 12.2. The topological polar surface area (TPSA) is 69.0 Å². The van der Waals surface area contributed by atoms with Gasteiger partial charge in [0.1, 0.15) is 11.8 Å². The highest BCUT2D eigenvalue weighted by Gasteiger charge is 2.30. The van der Waals surface area contributed by atoms with E-state index < -0.39 is 0 Å². The molecule has 1 N–H and O–H groups in total. The van der Waals surface area contributed by atoms with Crippen LogP contribution in [0, 0.1) is 17.2 Å². The second-order valence-electron chi connectivity index (χ2n) is 6.18. The lowest BCUT2D eigenvalue weighted by Gasteiger charge is -2.23. The van der Waals surface area contributed by atoms with Gasteiger partial charge in [0.15, 0.2) is 0 Å². The SMILES string of the molecule is CC(C)(C)NC(=O)C1CCN(c2ccnc(C#N)c2)C1. The molecule has 1 unspecified atom stereocenters. The second kappa shape index (κ2) is 5.49. The van der Waals surface area contributed by atoms with Gasteiger partial charge in [0.2, 0.25) is 5.91 Å². The van der Waals surface area contributed by atoms with Crippen molar-refractivity contribution in [1.29, 1.82) is 5.26 Å². The van der Waals surface area contributed by atoms with Crippen molar-refractivity contribution in [1.82, 2.24) is 10.3 Å². The maximum absolute atomic E-state index is 12.2. The standard InChI is InChI=1S/C15H20N4O/c1-15(2,3)18-14(20)11-5-7-19(10-11)13-4-6-17-12(8-13)9-16/h4,6,8,11H,5,7,10H2,1-3H3,(H,18,20). The Bertz CT molecular complexity index is 542. The number of carbonyl (C=O) groups excluding carboxylic acids is 1. The summed E-state index contributed by atoms with van der Waals surface area (Å²) in [5, 5.41) is 11.9. The van der Waals surface area contributed by atoms with Crippen LogP contribution >= 0.6 is 0 Å². The van der Waals surface area contributed by atoms with Crippen LogP contribution in [0.5, 0.6) is 0 Å². The fourth-order valence-corrected chi connectivity index (χ4v) is 2.36. The minimum atomic E-state index is -0.199. The molecule has 0 bridgehead atoms. The van der Waals surface area contributed by atoms with Crippen LogP contribution in [0.15, 0.2) is 18.3 Å². The second-order valence-corrected chi connectivity index (χ2v) is 6.18. The maximum Gasteiger partial charge on any atom is 0.225 e. The van der Waals surface area contributed by atoms with Crippen LogP contribution in [0.3, 0.4) is 0 Å². The van der Waals surface area contributed by atoms with Crippen molar-refractivity contribution in [2.24, 2.45) is 5.92 Å². The molecule has 106 valence electrons. The van der Waals surface area contributed by atoms with Gasteiger partial charge in [-0.05, 0) is 39.3 Å². The molecule has 1 aliphatic heterocycles. The first-order chi connectivity index (χ1) is 9.39. The summed E-state index contributed by atoms with van der Waals surface area (Å²) in [6.45, 7) is 7.48. The van der Waals surface area contributed by atoms with Crippen LogP contribution in [0.2, 0.25) is 0 Å². The Kier molecular flexibility index (Phi) is 3.93. The average molecular weight is 272 g/mol. The van der Waals surface area contributed by atoms with Gasteiger partial charge >= 0.3 is 0 Å². The molecule has 1 aromatic rings. The van der Waals surface area contributed by atoms with E-state index >= 15 is 0 Å². The summed E-state index contributed by atoms with van der Waals surface area (Å²) in [5.74, 6) is 0.113. The van der Waals surface area contributed by atoms with Crippen molar-refractivity contribution in [3.63, 3.8) is 0 Å². The van der Waals surface area contributed by atoms with Crippen LogP contribution in [-0.2, 0) is 4.79 Å².